The van der Waals surface area contributed by atoms with E-state index in [-0.39, 0.29) is 12.3 Å². The predicted molar refractivity (Wildman–Crippen MR) is 107 cm³/mol. The van der Waals surface area contributed by atoms with E-state index in [9.17, 15) is 9.59 Å². The molecule has 0 radical (unpaired) electrons. The molecule has 1 amide bonds. The highest BCUT2D eigenvalue weighted by molar-refractivity contribution is 5.88. The van der Waals surface area contributed by atoms with Crippen LogP contribution in [0.4, 0.5) is 0 Å². The number of hydrogen-bond acceptors (Lipinski definition) is 5. The summed E-state index contributed by atoms with van der Waals surface area (Å²) >= 11 is 0. The molecule has 1 aromatic heterocycles. The van der Waals surface area contributed by atoms with Crippen LogP contribution in [-0.2, 0) is 25.5 Å². The van der Waals surface area contributed by atoms with Crippen molar-refractivity contribution in [3.8, 4) is 0 Å². The number of carbonyl (C=O) groups is 2. The van der Waals surface area contributed by atoms with Crippen LogP contribution < -0.4 is 0 Å². The van der Waals surface area contributed by atoms with Gasteiger partial charge < -0.3 is 18.8 Å². The number of rotatable bonds is 5. The molecule has 29 heavy (non-hydrogen) atoms. The highest BCUT2D eigenvalue weighted by Gasteiger charge is 2.30. The fourth-order valence-corrected chi connectivity index (χ4v) is 3.49. The monoisotopic (exact) mass is 393 g/mol. The minimum absolute atomic E-state index is 0.0375. The molecule has 1 fully saturated rings. The minimum Gasteiger partial charge on any atom is -0.464 e. The SMILES string of the molecule is Cc1ccc2c(CC(=O)O[C@H](C(=O)N3CCOCC3)c3ccccc3)coc2c1. The topological polar surface area (TPSA) is 69.0 Å². The lowest BCUT2D eigenvalue weighted by atomic mass is 10.1. The van der Waals surface area contributed by atoms with Gasteiger partial charge in [0.15, 0.2) is 0 Å². The molecule has 0 N–H and O–H groups in total. The molecule has 0 aliphatic carbocycles. The smallest absolute Gasteiger partial charge is 0.311 e. The molecule has 0 saturated carbocycles. The number of fused-ring (bicyclic) bond motifs is 1. The summed E-state index contributed by atoms with van der Waals surface area (Å²) in [4.78, 5) is 27.5. The number of carbonyl (C=O) groups excluding carboxylic acids is 2. The van der Waals surface area contributed by atoms with Crippen molar-refractivity contribution in [3.05, 3.63) is 71.5 Å². The summed E-state index contributed by atoms with van der Waals surface area (Å²) in [5.41, 5.74) is 3.22. The van der Waals surface area contributed by atoms with E-state index in [1.54, 1.807) is 23.3 Å². The Balaban J connectivity index is 1.53. The molecule has 0 bridgehead atoms. The van der Waals surface area contributed by atoms with Crippen molar-refractivity contribution in [2.24, 2.45) is 0 Å². The number of esters is 1. The fourth-order valence-electron chi connectivity index (χ4n) is 3.49. The number of aryl methyl sites for hydroxylation is 1. The van der Waals surface area contributed by atoms with E-state index in [0.29, 0.717) is 31.9 Å². The number of amides is 1. The maximum atomic E-state index is 13.1. The van der Waals surface area contributed by atoms with E-state index in [1.165, 1.54) is 0 Å². The van der Waals surface area contributed by atoms with Crippen LogP contribution in [0.3, 0.4) is 0 Å². The normalized spacial score (nSPS) is 15.3. The van der Waals surface area contributed by atoms with Crippen LogP contribution in [-0.4, -0.2) is 43.1 Å². The Labute approximate surface area is 169 Å². The third-order valence-electron chi connectivity index (χ3n) is 5.04. The van der Waals surface area contributed by atoms with Crippen molar-refractivity contribution in [1.29, 1.82) is 0 Å². The summed E-state index contributed by atoms with van der Waals surface area (Å²) in [5, 5.41) is 0.878. The Morgan fingerprint density at radius 3 is 2.62 bits per heavy atom. The van der Waals surface area contributed by atoms with Crippen LogP contribution in [0.2, 0.25) is 0 Å². The summed E-state index contributed by atoms with van der Waals surface area (Å²) in [5.74, 6) is -0.690. The number of ether oxygens (including phenoxy) is 2. The molecule has 3 aromatic rings. The van der Waals surface area contributed by atoms with Crippen molar-refractivity contribution in [2.75, 3.05) is 26.3 Å². The predicted octanol–water partition coefficient (Wildman–Crippen LogP) is 3.43. The Bertz CT molecular complexity index is 1000. The van der Waals surface area contributed by atoms with Gasteiger partial charge in [0.05, 0.1) is 25.9 Å². The third-order valence-corrected chi connectivity index (χ3v) is 5.04. The van der Waals surface area contributed by atoms with Gasteiger partial charge in [-0.15, -0.1) is 0 Å². The zero-order valence-corrected chi connectivity index (χ0v) is 16.3. The second-order valence-corrected chi connectivity index (χ2v) is 7.16. The molecule has 1 saturated heterocycles. The molecule has 150 valence electrons. The standard InChI is InChI=1S/C23H23NO5/c1-16-7-8-19-18(15-28-20(19)13-16)14-21(25)29-22(17-5-3-2-4-6-17)23(26)24-9-11-27-12-10-24/h2-8,13,15,22H,9-12,14H2,1H3/t22-/m0/s1. The minimum atomic E-state index is -0.970. The highest BCUT2D eigenvalue weighted by atomic mass is 16.5. The maximum absolute atomic E-state index is 13.1. The van der Waals surface area contributed by atoms with E-state index < -0.39 is 12.1 Å². The van der Waals surface area contributed by atoms with Gasteiger partial charge in [0, 0.05) is 29.6 Å². The van der Waals surface area contributed by atoms with Crippen LogP contribution in [0.25, 0.3) is 11.0 Å². The van der Waals surface area contributed by atoms with Gasteiger partial charge in [0.25, 0.3) is 5.91 Å². The first kappa shape index (κ1) is 19.2. The molecule has 6 nitrogen and oxygen atoms in total. The highest BCUT2D eigenvalue weighted by Crippen LogP contribution is 2.25. The number of benzene rings is 2. The first-order chi connectivity index (χ1) is 14.1. The molecule has 2 heterocycles. The van der Waals surface area contributed by atoms with Gasteiger partial charge in [0.1, 0.15) is 5.58 Å². The summed E-state index contributed by atoms with van der Waals surface area (Å²) in [6, 6.07) is 15.0. The lowest BCUT2D eigenvalue weighted by Gasteiger charge is -2.30. The van der Waals surface area contributed by atoms with E-state index in [1.807, 2.05) is 43.3 Å². The van der Waals surface area contributed by atoms with Crippen LogP contribution in [0.5, 0.6) is 0 Å². The second-order valence-electron chi connectivity index (χ2n) is 7.16. The second kappa shape index (κ2) is 8.49. The average molecular weight is 393 g/mol. The van der Waals surface area contributed by atoms with Crippen LogP contribution >= 0.6 is 0 Å². The van der Waals surface area contributed by atoms with Gasteiger partial charge in [0.2, 0.25) is 6.10 Å². The Morgan fingerprint density at radius 1 is 1.10 bits per heavy atom. The van der Waals surface area contributed by atoms with Crippen molar-refractivity contribution < 1.29 is 23.5 Å². The molecule has 2 aromatic carbocycles. The van der Waals surface area contributed by atoms with E-state index in [4.69, 9.17) is 13.9 Å². The molecule has 0 unspecified atom stereocenters. The first-order valence-electron chi connectivity index (χ1n) is 9.69. The maximum Gasteiger partial charge on any atom is 0.311 e. The zero-order chi connectivity index (χ0) is 20.2. The van der Waals surface area contributed by atoms with E-state index in [2.05, 4.69) is 0 Å². The fraction of sp³-hybridized carbons (Fsp3) is 0.304. The molecule has 0 spiro atoms. The Hall–Kier alpha value is -3.12. The van der Waals surface area contributed by atoms with Gasteiger partial charge in [-0.25, -0.2) is 0 Å². The van der Waals surface area contributed by atoms with Crippen molar-refractivity contribution in [3.63, 3.8) is 0 Å². The zero-order valence-electron chi connectivity index (χ0n) is 16.3. The Morgan fingerprint density at radius 2 is 1.86 bits per heavy atom. The van der Waals surface area contributed by atoms with Gasteiger partial charge in [-0.3, -0.25) is 9.59 Å². The summed E-state index contributed by atoms with van der Waals surface area (Å²) in [6.07, 6.45) is 0.643. The third kappa shape index (κ3) is 4.32. The largest absolute Gasteiger partial charge is 0.464 e. The lowest BCUT2D eigenvalue weighted by Crippen LogP contribution is -2.44. The Kier molecular flexibility index (Phi) is 5.62. The molecule has 1 aliphatic rings. The lowest BCUT2D eigenvalue weighted by molar-refractivity contribution is -0.162. The summed E-state index contributed by atoms with van der Waals surface area (Å²) < 4.78 is 16.6. The average Bonchev–Trinajstić information content (AvgIpc) is 3.14. The summed E-state index contributed by atoms with van der Waals surface area (Å²) in [6.45, 7) is 3.94. The number of morpholine rings is 1. The van der Waals surface area contributed by atoms with Gasteiger partial charge in [-0.1, -0.05) is 42.5 Å². The van der Waals surface area contributed by atoms with Gasteiger partial charge in [-0.05, 0) is 18.6 Å². The van der Waals surface area contributed by atoms with Crippen LogP contribution in [0, 0.1) is 6.92 Å². The van der Waals surface area contributed by atoms with Crippen molar-refractivity contribution >= 4 is 22.8 Å². The van der Waals surface area contributed by atoms with Crippen LogP contribution in [0.15, 0.2) is 59.2 Å². The molecule has 1 aliphatic heterocycles. The first-order valence-corrected chi connectivity index (χ1v) is 9.69. The van der Waals surface area contributed by atoms with Crippen molar-refractivity contribution in [1.82, 2.24) is 4.90 Å². The molecule has 1 atom stereocenters. The molecular formula is C23H23NO5. The van der Waals surface area contributed by atoms with Gasteiger partial charge in [-0.2, -0.15) is 0 Å². The van der Waals surface area contributed by atoms with Crippen molar-refractivity contribution in [2.45, 2.75) is 19.4 Å². The molecule has 4 rings (SSSR count). The van der Waals surface area contributed by atoms with E-state index in [0.717, 1.165) is 22.1 Å². The molecular weight excluding hydrogens is 370 g/mol. The van der Waals surface area contributed by atoms with Gasteiger partial charge >= 0.3 is 5.97 Å². The quantitative estimate of drug-likeness (QED) is 0.621. The number of furan rings is 1. The van der Waals surface area contributed by atoms with Crippen LogP contribution in [0.1, 0.15) is 22.8 Å². The number of nitrogens with zero attached hydrogens (tertiary/aromatic N) is 1. The molecule has 6 heteroatoms. The van der Waals surface area contributed by atoms with E-state index >= 15 is 0 Å². The number of hydrogen-bond donors (Lipinski definition) is 0. The summed E-state index contributed by atoms with van der Waals surface area (Å²) in [7, 11) is 0.